The Bertz CT molecular complexity index is 1000. The zero-order chi connectivity index (χ0) is 19.5. The summed E-state index contributed by atoms with van der Waals surface area (Å²) in [4.78, 5) is 24.8. The standard InChI is InChI=1S/C20H22N6OS/c1-24-9-11-25(12-10-24)18-8-7-15(13-21-18)23-19(27)17-14-22-20(28)26(17)16-5-3-2-4-6-16/h2-8,13-14H,9-12H2,1H3,(H,22,28)(H,23,27). The van der Waals surface area contributed by atoms with Gasteiger partial charge >= 0.3 is 0 Å². The second-order valence-corrected chi connectivity index (χ2v) is 7.19. The van der Waals surface area contributed by atoms with Crippen LogP contribution in [0.4, 0.5) is 11.5 Å². The van der Waals surface area contributed by atoms with Crippen molar-refractivity contribution in [2.45, 2.75) is 0 Å². The second kappa shape index (κ2) is 7.95. The number of benzene rings is 1. The molecule has 1 aliphatic heterocycles. The molecule has 0 bridgehead atoms. The Morgan fingerprint density at radius 1 is 1.11 bits per heavy atom. The van der Waals surface area contributed by atoms with Gasteiger partial charge in [0.15, 0.2) is 4.77 Å². The van der Waals surface area contributed by atoms with Gasteiger partial charge in [-0.2, -0.15) is 0 Å². The Morgan fingerprint density at radius 2 is 1.86 bits per heavy atom. The van der Waals surface area contributed by atoms with Crippen LogP contribution in [0, 0.1) is 4.77 Å². The lowest BCUT2D eigenvalue weighted by molar-refractivity contribution is 0.102. The molecule has 1 aromatic carbocycles. The Morgan fingerprint density at radius 3 is 2.54 bits per heavy atom. The van der Waals surface area contributed by atoms with Gasteiger partial charge in [0, 0.05) is 38.1 Å². The number of carbonyl (C=O) groups excluding carboxylic acids is 1. The molecule has 0 unspecified atom stereocenters. The minimum absolute atomic E-state index is 0.245. The molecule has 0 saturated carbocycles. The smallest absolute Gasteiger partial charge is 0.274 e. The van der Waals surface area contributed by atoms with E-state index in [1.54, 1.807) is 17.0 Å². The van der Waals surface area contributed by atoms with E-state index < -0.39 is 0 Å². The predicted molar refractivity (Wildman–Crippen MR) is 113 cm³/mol. The number of piperazine rings is 1. The molecule has 0 aliphatic carbocycles. The highest BCUT2D eigenvalue weighted by Gasteiger charge is 2.17. The summed E-state index contributed by atoms with van der Waals surface area (Å²) < 4.78 is 2.19. The molecule has 1 amide bonds. The number of anilines is 2. The summed E-state index contributed by atoms with van der Waals surface area (Å²) in [7, 11) is 2.13. The average molecular weight is 395 g/mol. The van der Waals surface area contributed by atoms with Crippen molar-refractivity contribution in [3.63, 3.8) is 0 Å². The first-order valence-corrected chi connectivity index (χ1v) is 9.59. The van der Waals surface area contributed by atoms with Crippen LogP contribution in [-0.2, 0) is 0 Å². The molecular formula is C20H22N6OS. The van der Waals surface area contributed by atoms with Crippen molar-refractivity contribution < 1.29 is 4.79 Å². The highest BCUT2D eigenvalue weighted by Crippen LogP contribution is 2.18. The van der Waals surface area contributed by atoms with Gasteiger partial charge in [0.05, 0.1) is 11.9 Å². The van der Waals surface area contributed by atoms with E-state index in [1.807, 2.05) is 42.5 Å². The Balaban J connectivity index is 1.50. The van der Waals surface area contributed by atoms with E-state index in [2.05, 4.69) is 32.1 Å². The molecule has 8 heteroatoms. The summed E-state index contributed by atoms with van der Waals surface area (Å²) in [5.41, 5.74) is 1.93. The SMILES string of the molecule is CN1CCN(c2ccc(NC(=O)c3c[nH]c(=S)n3-c3ccccc3)cn2)CC1. The third kappa shape index (κ3) is 3.83. The summed E-state index contributed by atoms with van der Waals surface area (Å²) in [6, 6.07) is 13.4. The van der Waals surface area contributed by atoms with Crippen LogP contribution in [0.2, 0.25) is 0 Å². The molecule has 0 spiro atoms. The number of rotatable bonds is 4. The maximum Gasteiger partial charge on any atom is 0.274 e. The number of imidazole rings is 1. The lowest BCUT2D eigenvalue weighted by Gasteiger charge is -2.33. The summed E-state index contributed by atoms with van der Waals surface area (Å²) >= 11 is 5.34. The lowest BCUT2D eigenvalue weighted by Crippen LogP contribution is -2.44. The first kappa shape index (κ1) is 18.4. The molecule has 2 aromatic heterocycles. The zero-order valence-corrected chi connectivity index (χ0v) is 16.4. The number of aromatic nitrogens is 3. The number of likely N-dealkylation sites (N-methyl/N-ethyl adjacent to an activating group) is 1. The van der Waals surface area contributed by atoms with Gasteiger partial charge in [0.25, 0.3) is 5.91 Å². The van der Waals surface area contributed by atoms with Crippen LogP contribution < -0.4 is 10.2 Å². The van der Waals surface area contributed by atoms with Gasteiger partial charge in [-0.3, -0.25) is 9.36 Å². The Kier molecular flexibility index (Phi) is 5.23. The van der Waals surface area contributed by atoms with Crippen LogP contribution in [0.1, 0.15) is 10.5 Å². The van der Waals surface area contributed by atoms with Crippen LogP contribution in [-0.4, -0.2) is 58.6 Å². The topological polar surface area (TPSA) is 69.2 Å². The maximum absolute atomic E-state index is 12.8. The summed E-state index contributed by atoms with van der Waals surface area (Å²) in [5.74, 6) is 0.685. The van der Waals surface area contributed by atoms with E-state index in [-0.39, 0.29) is 5.91 Å². The van der Waals surface area contributed by atoms with Gasteiger partial charge in [0.1, 0.15) is 11.5 Å². The summed E-state index contributed by atoms with van der Waals surface area (Å²) in [5, 5.41) is 2.90. The fourth-order valence-electron chi connectivity index (χ4n) is 3.25. The molecule has 0 radical (unpaired) electrons. The first-order chi connectivity index (χ1) is 13.6. The van der Waals surface area contributed by atoms with Gasteiger partial charge in [-0.25, -0.2) is 4.98 Å². The van der Waals surface area contributed by atoms with E-state index in [1.165, 1.54) is 0 Å². The van der Waals surface area contributed by atoms with Gasteiger partial charge in [0.2, 0.25) is 0 Å². The first-order valence-electron chi connectivity index (χ1n) is 9.18. The molecule has 1 aliphatic rings. The number of carbonyl (C=O) groups is 1. The van der Waals surface area contributed by atoms with Crippen molar-refractivity contribution in [1.29, 1.82) is 0 Å². The van der Waals surface area contributed by atoms with Crippen molar-refractivity contribution in [2.75, 3.05) is 43.4 Å². The highest BCUT2D eigenvalue weighted by molar-refractivity contribution is 7.71. The lowest BCUT2D eigenvalue weighted by atomic mass is 10.3. The van der Waals surface area contributed by atoms with Crippen LogP contribution >= 0.6 is 12.2 Å². The molecule has 7 nitrogen and oxygen atoms in total. The van der Waals surface area contributed by atoms with Crippen molar-refractivity contribution in [3.05, 3.63) is 65.3 Å². The van der Waals surface area contributed by atoms with Crippen molar-refractivity contribution in [2.24, 2.45) is 0 Å². The van der Waals surface area contributed by atoms with Gasteiger partial charge in [-0.05, 0) is 43.5 Å². The quantitative estimate of drug-likeness (QED) is 0.666. The van der Waals surface area contributed by atoms with Crippen molar-refractivity contribution in [1.82, 2.24) is 19.4 Å². The number of pyridine rings is 1. The maximum atomic E-state index is 12.8. The van der Waals surface area contributed by atoms with Crippen LogP contribution in [0.15, 0.2) is 54.9 Å². The van der Waals surface area contributed by atoms with Gasteiger partial charge < -0.3 is 20.1 Å². The molecule has 3 heterocycles. The number of para-hydroxylation sites is 1. The van der Waals surface area contributed by atoms with Gasteiger partial charge in [-0.15, -0.1) is 0 Å². The van der Waals surface area contributed by atoms with Crippen molar-refractivity contribution in [3.8, 4) is 5.69 Å². The third-order valence-electron chi connectivity index (χ3n) is 4.86. The monoisotopic (exact) mass is 394 g/mol. The molecule has 3 aromatic rings. The molecular weight excluding hydrogens is 372 g/mol. The van der Waals surface area contributed by atoms with E-state index in [0.29, 0.717) is 16.2 Å². The normalized spacial score (nSPS) is 14.8. The molecule has 1 fully saturated rings. The van der Waals surface area contributed by atoms with Crippen molar-refractivity contribution >= 4 is 29.6 Å². The van der Waals surface area contributed by atoms with Crippen LogP contribution in [0.25, 0.3) is 5.69 Å². The van der Waals surface area contributed by atoms with E-state index in [4.69, 9.17) is 12.2 Å². The van der Waals surface area contributed by atoms with E-state index in [9.17, 15) is 4.79 Å². The summed E-state index contributed by atoms with van der Waals surface area (Å²) in [6.45, 7) is 3.96. The Labute approximate surface area is 168 Å². The number of hydrogen-bond donors (Lipinski definition) is 2. The fraction of sp³-hybridized carbons (Fsp3) is 0.250. The molecule has 144 valence electrons. The number of nitrogens with zero attached hydrogens (tertiary/aromatic N) is 4. The minimum Gasteiger partial charge on any atom is -0.354 e. The Hall–Kier alpha value is -2.97. The van der Waals surface area contributed by atoms with Crippen LogP contribution in [0.3, 0.4) is 0 Å². The molecule has 1 saturated heterocycles. The predicted octanol–water partition coefficient (Wildman–Crippen LogP) is 2.93. The number of H-pyrrole nitrogens is 1. The third-order valence-corrected chi connectivity index (χ3v) is 5.16. The highest BCUT2D eigenvalue weighted by atomic mass is 32.1. The van der Waals surface area contributed by atoms with E-state index >= 15 is 0 Å². The molecule has 0 atom stereocenters. The molecule has 2 N–H and O–H groups in total. The number of nitrogens with one attached hydrogen (secondary N) is 2. The number of hydrogen-bond acceptors (Lipinski definition) is 5. The zero-order valence-electron chi connectivity index (χ0n) is 15.6. The minimum atomic E-state index is -0.245. The molecule has 4 rings (SSSR count). The van der Waals surface area contributed by atoms with E-state index in [0.717, 1.165) is 37.7 Å². The van der Waals surface area contributed by atoms with Gasteiger partial charge in [-0.1, -0.05) is 18.2 Å². The summed E-state index contributed by atoms with van der Waals surface area (Å²) in [6.07, 6.45) is 3.32. The molecule has 28 heavy (non-hydrogen) atoms. The number of amides is 1. The largest absolute Gasteiger partial charge is 0.354 e. The average Bonchev–Trinajstić information content (AvgIpc) is 3.11. The second-order valence-electron chi connectivity index (χ2n) is 6.80. The van der Waals surface area contributed by atoms with Crippen LogP contribution in [0.5, 0.6) is 0 Å². The number of aromatic amines is 1. The fourth-order valence-corrected chi connectivity index (χ4v) is 3.51.